The van der Waals surface area contributed by atoms with E-state index in [9.17, 15) is 4.79 Å². The third-order valence-electron chi connectivity index (χ3n) is 1.44. The first kappa shape index (κ1) is 9.75. The molecule has 0 amide bonds. The molecule has 3 nitrogen and oxygen atoms in total. The van der Waals surface area contributed by atoms with Crippen molar-refractivity contribution in [2.45, 2.75) is 13.8 Å². The van der Waals surface area contributed by atoms with Crippen molar-refractivity contribution in [2.24, 2.45) is 0 Å². The van der Waals surface area contributed by atoms with Gasteiger partial charge in [0.05, 0.1) is 0 Å². The molecule has 0 heterocycles. The van der Waals surface area contributed by atoms with Crippen LogP contribution in [0, 0.1) is 0 Å². The monoisotopic (exact) mass is 155 g/mol. The maximum absolute atomic E-state index is 10.1. The van der Waals surface area contributed by atoms with Gasteiger partial charge in [0, 0.05) is 18.8 Å². The fourth-order valence-electron chi connectivity index (χ4n) is 0.518. The third kappa shape index (κ3) is 4.19. The van der Waals surface area contributed by atoms with Crippen LogP contribution in [0.15, 0.2) is 23.4 Å². The number of carbonyl (C=O) groups is 1. The molecule has 0 fully saturated rings. The molecule has 62 valence electrons. The average Bonchev–Trinajstić information content (AvgIpc) is 1.98. The molecule has 2 N–H and O–H groups in total. The van der Waals surface area contributed by atoms with Crippen molar-refractivity contribution in [2.75, 3.05) is 7.05 Å². The van der Waals surface area contributed by atoms with E-state index < -0.39 is 5.97 Å². The van der Waals surface area contributed by atoms with E-state index in [0.29, 0.717) is 0 Å². The van der Waals surface area contributed by atoms with Crippen LogP contribution >= 0.6 is 0 Å². The molecule has 0 saturated heterocycles. The summed E-state index contributed by atoms with van der Waals surface area (Å²) in [5.74, 6) is -0.923. The number of nitrogens with one attached hydrogen (secondary N) is 1. The van der Waals surface area contributed by atoms with E-state index in [1.54, 1.807) is 13.1 Å². The summed E-state index contributed by atoms with van der Waals surface area (Å²) in [6.07, 6.45) is 2.68. The molecular formula is C8H13NO2. The normalized spacial score (nSPS) is 13.0. The molecule has 0 radical (unpaired) electrons. The summed E-state index contributed by atoms with van der Waals surface area (Å²) in [5.41, 5.74) is 1.90. The molecule has 0 saturated carbocycles. The molecule has 0 aliphatic carbocycles. The molecule has 3 heteroatoms. The molecule has 11 heavy (non-hydrogen) atoms. The topological polar surface area (TPSA) is 49.3 Å². The van der Waals surface area contributed by atoms with E-state index in [4.69, 9.17) is 5.11 Å². The van der Waals surface area contributed by atoms with Crippen LogP contribution in [0.1, 0.15) is 13.8 Å². The van der Waals surface area contributed by atoms with Gasteiger partial charge in [-0.05, 0) is 19.4 Å². The van der Waals surface area contributed by atoms with Crippen LogP contribution in [-0.4, -0.2) is 18.1 Å². The van der Waals surface area contributed by atoms with E-state index in [0.717, 1.165) is 17.3 Å². The molecule has 0 bridgehead atoms. The zero-order chi connectivity index (χ0) is 8.85. The van der Waals surface area contributed by atoms with E-state index in [-0.39, 0.29) is 0 Å². The van der Waals surface area contributed by atoms with Crippen LogP contribution in [0.3, 0.4) is 0 Å². The Bertz CT molecular complexity index is 204. The second kappa shape index (κ2) is 4.55. The molecule has 0 spiro atoms. The van der Waals surface area contributed by atoms with Crippen LogP contribution < -0.4 is 5.32 Å². The summed E-state index contributed by atoms with van der Waals surface area (Å²) in [6, 6.07) is 0. The summed E-state index contributed by atoms with van der Waals surface area (Å²) in [6.45, 7) is 3.74. The molecule has 0 aliphatic heterocycles. The fourth-order valence-corrected chi connectivity index (χ4v) is 0.518. The summed E-state index contributed by atoms with van der Waals surface area (Å²) in [4.78, 5) is 10.1. The zero-order valence-electron chi connectivity index (χ0n) is 7.01. The van der Waals surface area contributed by atoms with Crippen molar-refractivity contribution in [1.82, 2.24) is 5.32 Å². The molecule has 0 rings (SSSR count). The van der Waals surface area contributed by atoms with Crippen LogP contribution in [0.25, 0.3) is 0 Å². The molecular weight excluding hydrogens is 142 g/mol. The lowest BCUT2D eigenvalue weighted by Gasteiger charge is -2.00. The van der Waals surface area contributed by atoms with Crippen molar-refractivity contribution < 1.29 is 9.90 Å². The molecule has 0 aromatic rings. The summed E-state index contributed by atoms with van der Waals surface area (Å²) in [7, 11) is 1.80. The highest BCUT2D eigenvalue weighted by Crippen LogP contribution is 1.99. The van der Waals surface area contributed by atoms with Gasteiger partial charge in [-0.3, -0.25) is 0 Å². The molecule has 0 aliphatic rings. The van der Waals surface area contributed by atoms with Crippen molar-refractivity contribution in [3.63, 3.8) is 0 Å². The Hall–Kier alpha value is -1.25. The Labute approximate surface area is 66.4 Å². The van der Waals surface area contributed by atoms with Crippen LogP contribution in [0.2, 0.25) is 0 Å². The van der Waals surface area contributed by atoms with Crippen LogP contribution in [0.5, 0.6) is 0 Å². The van der Waals surface area contributed by atoms with Gasteiger partial charge in [-0.15, -0.1) is 0 Å². The SMILES string of the molecule is CN/C(C)=C(C)\C=C\C(=O)O. The zero-order valence-corrected chi connectivity index (χ0v) is 7.01. The Balaban J connectivity index is 4.26. The standard InChI is InChI=1S/C8H13NO2/c1-6(7(2)9-3)4-5-8(10)11/h4-5,9H,1-3H3,(H,10,11)/b5-4+,7-6-. The number of aliphatic carboxylic acids is 1. The molecule has 0 atom stereocenters. The van der Waals surface area contributed by atoms with Gasteiger partial charge < -0.3 is 10.4 Å². The van der Waals surface area contributed by atoms with Crippen LogP contribution in [-0.2, 0) is 4.79 Å². The van der Waals surface area contributed by atoms with E-state index in [1.165, 1.54) is 0 Å². The van der Waals surface area contributed by atoms with Crippen molar-refractivity contribution >= 4 is 5.97 Å². The predicted molar refractivity (Wildman–Crippen MR) is 44.2 cm³/mol. The summed E-state index contributed by atoms with van der Waals surface area (Å²) >= 11 is 0. The van der Waals surface area contributed by atoms with Gasteiger partial charge >= 0.3 is 5.97 Å². The molecule has 0 aromatic carbocycles. The van der Waals surface area contributed by atoms with Gasteiger partial charge in [-0.2, -0.15) is 0 Å². The highest BCUT2D eigenvalue weighted by atomic mass is 16.4. The van der Waals surface area contributed by atoms with Crippen molar-refractivity contribution in [3.05, 3.63) is 23.4 Å². The highest BCUT2D eigenvalue weighted by Gasteiger charge is 1.90. The molecule has 0 aromatic heterocycles. The molecule has 0 unspecified atom stereocenters. The van der Waals surface area contributed by atoms with Crippen molar-refractivity contribution in [1.29, 1.82) is 0 Å². The van der Waals surface area contributed by atoms with Crippen LogP contribution in [0.4, 0.5) is 0 Å². The second-order valence-electron chi connectivity index (χ2n) is 2.23. The van der Waals surface area contributed by atoms with Gasteiger partial charge in [0.15, 0.2) is 0 Å². The Morgan fingerprint density at radius 3 is 2.27 bits per heavy atom. The van der Waals surface area contributed by atoms with E-state index in [2.05, 4.69) is 5.32 Å². The number of allylic oxidation sites excluding steroid dienone is 3. The number of rotatable bonds is 3. The quantitative estimate of drug-likeness (QED) is 0.474. The highest BCUT2D eigenvalue weighted by molar-refractivity contribution is 5.80. The number of carboxylic acid groups (broad SMARTS) is 1. The maximum Gasteiger partial charge on any atom is 0.328 e. The lowest BCUT2D eigenvalue weighted by molar-refractivity contribution is -0.131. The summed E-state index contributed by atoms with van der Waals surface area (Å²) < 4.78 is 0. The fraction of sp³-hybridized carbons (Fsp3) is 0.375. The van der Waals surface area contributed by atoms with Gasteiger partial charge in [-0.25, -0.2) is 4.79 Å². The first-order valence-corrected chi connectivity index (χ1v) is 3.34. The third-order valence-corrected chi connectivity index (χ3v) is 1.44. The second-order valence-corrected chi connectivity index (χ2v) is 2.23. The number of hydrogen-bond donors (Lipinski definition) is 2. The number of carboxylic acids is 1. The minimum absolute atomic E-state index is 0.923. The maximum atomic E-state index is 10.1. The largest absolute Gasteiger partial charge is 0.478 e. The predicted octanol–water partition coefficient (Wildman–Crippen LogP) is 1.14. The van der Waals surface area contributed by atoms with Crippen molar-refractivity contribution in [3.8, 4) is 0 Å². The lowest BCUT2D eigenvalue weighted by Crippen LogP contribution is -2.03. The van der Waals surface area contributed by atoms with Gasteiger partial charge in [-0.1, -0.05) is 6.08 Å². The minimum atomic E-state index is -0.923. The first-order chi connectivity index (χ1) is 5.07. The minimum Gasteiger partial charge on any atom is -0.478 e. The number of hydrogen-bond acceptors (Lipinski definition) is 2. The first-order valence-electron chi connectivity index (χ1n) is 3.34. The summed E-state index contributed by atoms with van der Waals surface area (Å²) in [5, 5.41) is 11.2. The van der Waals surface area contributed by atoms with E-state index in [1.807, 2.05) is 13.8 Å². The Morgan fingerprint density at radius 2 is 1.91 bits per heavy atom. The Kier molecular flexibility index (Phi) is 4.03. The van der Waals surface area contributed by atoms with E-state index >= 15 is 0 Å². The average molecular weight is 155 g/mol. The van der Waals surface area contributed by atoms with Gasteiger partial charge in [0.1, 0.15) is 0 Å². The lowest BCUT2D eigenvalue weighted by atomic mass is 10.2. The van der Waals surface area contributed by atoms with Gasteiger partial charge in [0.25, 0.3) is 0 Å². The smallest absolute Gasteiger partial charge is 0.328 e. The Morgan fingerprint density at radius 1 is 1.36 bits per heavy atom. The van der Waals surface area contributed by atoms with Gasteiger partial charge in [0.2, 0.25) is 0 Å².